The van der Waals surface area contributed by atoms with Crippen LogP contribution in [0.25, 0.3) is 11.1 Å². The zero-order valence-electron chi connectivity index (χ0n) is 21.9. The van der Waals surface area contributed by atoms with Gasteiger partial charge in [-0.25, -0.2) is 22.0 Å². The number of alkyl halides is 2. The van der Waals surface area contributed by atoms with E-state index in [1.807, 2.05) is 6.07 Å². The van der Waals surface area contributed by atoms with Crippen LogP contribution in [0.2, 0.25) is 0 Å². The number of aliphatic carboxylic acids is 1. The normalized spacial score (nSPS) is 16.8. The Balaban J connectivity index is 1.55. The molecule has 1 heterocycles. The Kier molecular flexibility index (Phi) is 6.91. The second kappa shape index (κ2) is 9.93. The predicted molar refractivity (Wildman–Crippen MR) is 145 cm³/mol. The fourth-order valence-electron chi connectivity index (χ4n) is 5.86. The van der Waals surface area contributed by atoms with Gasteiger partial charge < -0.3 is 9.84 Å². The lowest BCUT2D eigenvalue weighted by atomic mass is 9.70. The zero-order chi connectivity index (χ0) is 28.0. The smallest absolute Gasteiger partial charge is 0.341 e. The number of carbonyl (C=O) groups is 1. The highest BCUT2D eigenvalue weighted by atomic mass is 32.2. The van der Waals surface area contributed by atoms with Crippen LogP contribution in [0.1, 0.15) is 55.7 Å². The molecule has 6 nitrogen and oxygen atoms in total. The van der Waals surface area contributed by atoms with Crippen LogP contribution in [0.4, 0.5) is 14.5 Å². The molecule has 9 heteroatoms. The number of benzene rings is 3. The Bertz CT molecular complexity index is 1520. The van der Waals surface area contributed by atoms with Gasteiger partial charge in [0.1, 0.15) is 5.75 Å². The third-order valence-electron chi connectivity index (χ3n) is 7.88. The summed E-state index contributed by atoms with van der Waals surface area (Å²) < 4.78 is 62.7. The molecule has 0 atom stereocenters. The molecule has 1 saturated carbocycles. The van der Waals surface area contributed by atoms with Crippen molar-refractivity contribution < 1.29 is 31.8 Å². The summed E-state index contributed by atoms with van der Waals surface area (Å²) in [5, 5.41) is 8.89. The summed E-state index contributed by atoms with van der Waals surface area (Å²) in [5.74, 6) is -3.77. The number of sulfonamides is 1. The number of ether oxygens (including phenoxy) is 1. The molecular weight excluding hydrogens is 524 g/mol. The number of hydrogen-bond acceptors (Lipinski definition) is 4. The van der Waals surface area contributed by atoms with E-state index in [9.17, 15) is 22.0 Å². The minimum Gasteiger partial charge on any atom is -0.482 e. The van der Waals surface area contributed by atoms with E-state index in [1.54, 1.807) is 31.2 Å². The van der Waals surface area contributed by atoms with Crippen molar-refractivity contribution in [3.8, 4) is 16.9 Å². The van der Waals surface area contributed by atoms with Crippen LogP contribution >= 0.6 is 0 Å². The molecule has 1 N–H and O–H groups in total. The van der Waals surface area contributed by atoms with Gasteiger partial charge in [-0.15, -0.1) is 0 Å². The van der Waals surface area contributed by atoms with Crippen molar-refractivity contribution in [2.75, 3.05) is 17.5 Å². The van der Waals surface area contributed by atoms with Gasteiger partial charge in [0.2, 0.25) is 0 Å². The van der Waals surface area contributed by atoms with Crippen LogP contribution in [0, 0.1) is 6.92 Å². The van der Waals surface area contributed by atoms with Gasteiger partial charge in [-0.1, -0.05) is 43.5 Å². The average Bonchev–Trinajstić information content (AvgIpc) is 3.21. The van der Waals surface area contributed by atoms with Gasteiger partial charge in [0, 0.05) is 24.4 Å². The molecular formula is C30H31F2NO5S. The van der Waals surface area contributed by atoms with Gasteiger partial charge in [-0.3, -0.25) is 4.31 Å². The number of fused-ring (bicyclic) bond motifs is 2. The molecule has 3 aromatic carbocycles. The predicted octanol–water partition coefficient (Wildman–Crippen LogP) is 6.65. The molecule has 0 aromatic heterocycles. The molecule has 1 aliphatic carbocycles. The van der Waals surface area contributed by atoms with E-state index in [2.05, 4.69) is 0 Å². The summed E-state index contributed by atoms with van der Waals surface area (Å²) in [6, 6.07) is 16.3. The van der Waals surface area contributed by atoms with Crippen LogP contribution in [0.3, 0.4) is 0 Å². The first-order valence-corrected chi connectivity index (χ1v) is 14.5. The summed E-state index contributed by atoms with van der Waals surface area (Å²) in [5.41, 5.74) is 3.10. The highest BCUT2D eigenvalue weighted by molar-refractivity contribution is 7.92. The Labute approximate surface area is 227 Å². The second-order valence-electron chi connectivity index (χ2n) is 10.7. The summed E-state index contributed by atoms with van der Waals surface area (Å²) in [6.07, 6.45) is 4.77. The number of rotatable bonds is 7. The summed E-state index contributed by atoms with van der Waals surface area (Å²) in [7, 11) is -3.94. The van der Waals surface area contributed by atoms with E-state index in [1.165, 1.54) is 34.6 Å². The fraction of sp³-hybridized carbons (Fsp3) is 0.367. The molecule has 1 fully saturated rings. The first kappa shape index (κ1) is 27.1. The first-order valence-electron chi connectivity index (χ1n) is 13.0. The van der Waals surface area contributed by atoms with Crippen molar-refractivity contribution in [1.82, 2.24) is 0 Å². The van der Waals surface area contributed by atoms with Crippen molar-refractivity contribution >= 4 is 21.7 Å². The van der Waals surface area contributed by atoms with Crippen molar-refractivity contribution in [3.05, 3.63) is 77.4 Å². The maximum absolute atomic E-state index is 14.0. The number of carboxylic acids is 1. The highest BCUT2D eigenvalue weighted by Crippen LogP contribution is 2.52. The highest BCUT2D eigenvalue weighted by Gasteiger charge is 2.47. The number of nitrogens with zero attached hydrogens (tertiary/aromatic N) is 1. The van der Waals surface area contributed by atoms with Crippen molar-refractivity contribution in [3.63, 3.8) is 0 Å². The largest absolute Gasteiger partial charge is 0.482 e. The molecule has 5 rings (SSSR count). The molecule has 1 aliphatic heterocycles. The van der Waals surface area contributed by atoms with Crippen LogP contribution in [0.5, 0.6) is 5.75 Å². The van der Waals surface area contributed by atoms with Gasteiger partial charge in [0.05, 0.1) is 10.6 Å². The minimum atomic E-state index is -3.94. The van der Waals surface area contributed by atoms with Crippen LogP contribution in [-0.4, -0.2) is 32.6 Å². The molecule has 0 unspecified atom stereocenters. The van der Waals surface area contributed by atoms with Gasteiger partial charge in [0.15, 0.2) is 6.61 Å². The van der Waals surface area contributed by atoms with Gasteiger partial charge >= 0.3 is 5.97 Å². The lowest BCUT2D eigenvalue weighted by Gasteiger charge is -2.34. The first-order chi connectivity index (χ1) is 18.4. The molecule has 206 valence electrons. The molecule has 0 radical (unpaired) electrons. The van der Waals surface area contributed by atoms with Crippen molar-refractivity contribution in [2.45, 2.75) is 62.2 Å². The Morgan fingerprint density at radius 3 is 2.41 bits per heavy atom. The Morgan fingerprint density at radius 1 is 1.03 bits per heavy atom. The number of aryl methyl sites for hydroxylation is 1. The number of halogens is 2. The maximum atomic E-state index is 14.0. The molecule has 3 aromatic rings. The van der Waals surface area contributed by atoms with E-state index < -0.39 is 28.5 Å². The third-order valence-corrected chi connectivity index (χ3v) is 9.64. The van der Waals surface area contributed by atoms with E-state index in [-0.39, 0.29) is 15.9 Å². The maximum Gasteiger partial charge on any atom is 0.341 e. The van der Waals surface area contributed by atoms with Crippen LogP contribution in [-0.2, 0) is 26.2 Å². The molecule has 1 spiro atoms. The van der Waals surface area contributed by atoms with E-state index in [0.29, 0.717) is 29.1 Å². The Morgan fingerprint density at radius 2 is 1.74 bits per heavy atom. The molecule has 0 saturated heterocycles. The zero-order valence-corrected chi connectivity index (χ0v) is 22.7. The van der Waals surface area contributed by atoms with E-state index in [4.69, 9.17) is 9.84 Å². The quantitative estimate of drug-likeness (QED) is 0.353. The van der Waals surface area contributed by atoms with Crippen LogP contribution in [0.15, 0.2) is 65.6 Å². The minimum absolute atomic E-state index is 0.0665. The SMILES string of the molecule is Cc1cc(S(=O)(=O)N2CC3(CCCCC3)c3cc(-c4cccc(C(C)(F)F)c4)ccc32)ccc1OCC(=O)O. The topological polar surface area (TPSA) is 83.9 Å². The van der Waals surface area contributed by atoms with Crippen molar-refractivity contribution in [2.24, 2.45) is 0 Å². The van der Waals surface area contributed by atoms with Gasteiger partial charge in [0.25, 0.3) is 15.9 Å². The average molecular weight is 556 g/mol. The molecule has 2 aliphatic rings. The molecule has 0 amide bonds. The monoisotopic (exact) mass is 555 g/mol. The molecule has 39 heavy (non-hydrogen) atoms. The second-order valence-corrected chi connectivity index (χ2v) is 12.5. The van der Waals surface area contributed by atoms with Gasteiger partial charge in [-0.05, 0) is 78.4 Å². The summed E-state index contributed by atoms with van der Waals surface area (Å²) in [6.45, 7) is 2.35. The number of hydrogen-bond donors (Lipinski definition) is 1. The van der Waals surface area contributed by atoms with Gasteiger partial charge in [-0.2, -0.15) is 0 Å². The molecule has 0 bridgehead atoms. The summed E-state index contributed by atoms with van der Waals surface area (Å²) in [4.78, 5) is 11.0. The van der Waals surface area contributed by atoms with Crippen LogP contribution < -0.4 is 9.04 Å². The van der Waals surface area contributed by atoms with E-state index in [0.717, 1.165) is 50.2 Å². The lowest BCUT2D eigenvalue weighted by molar-refractivity contribution is -0.139. The summed E-state index contributed by atoms with van der Waals surface area (Å²) >= 11 is 0. The Hall–Kier alpha value is -3.46. The number of carboxylic acid groups (broad SMARTS) is 1. The fourth-order valence-corrected chi connectivity index (χ4v) is 7.51. The van der Waals surface area contributed by atoms with Crippen molar-refractivity contribution in [1.29, 1.82) is 0 Å². The van der Waals surface area contributed by atoms with E-state index >= 15 is 0 Å². The number of anilines is 1. The lowest BCUT2D eigenvalue weighted by Crippen LogP contribution is -2.38. The third kappa shape index (κ3) is 5.12. The standard InChI is InChI=1S/C30H31F2NO5S/c1-20-15-24(10-12-27(20)38-18-28(34)35)39(36,37)33-19-30(13-4-3-5-14-30)25-17-22(9-11-26(25)33)21-7-6-8-23(16-21)29(2,31)32/h6-12,15-17H,3-5,13-14,18-19H2,1-2H3,(H,34,35).